The number of ether oxygens (including phenoxy) is 2. The summed E-state index contributed by atoms with van der Waals surface area (Å²) in [5.74, 6) is -0.474. The minimum Gasteiger partial charge on any atom is -0.460 e. The Kier molecular flexibility index (Phi) is 6.29. The van der Waals surface area contributed by atoms with Gasteiger partial charge in [-0.1, -0.05) is 36.9 Å². The lowest BCUT2D eigenvalue weighted by Crippen LogP contribution is -2.29. The smallest absolute Gasteiger partial charge is 0.407 e. The van der Waals surface area contributed by atoms with Gasteiger partial charge in [-0.15, -0.1) is 0 Å². The molecule has 0 heterocycles. The van der Waals surface area contributed by atoms with Crippen molar-refractivity contribution in [1.82, 2.24) is 5.32 Å². The van der Waals surface area contributed by atoms with Gasteiger partial charge in [-0.25, -0.2) is 9.59 Å². The van der Waals surface area contributed by atoms with Gasteiger partial charge in [0.25, 0.3) is 0 Å². The van der Waals surface area contributed by atoms with Crippen LogP contribution >= 0.6 is 0 Å². The summed E-state index contributed by atoms with van der Waals surface area (Å²) in [4.78, 5) is 22.6. The molecule has 0 aliphatic heterocycles. The molecule has 5 heteroatoms. The summed E-state index contributed by atoms with van der Waals surface area (Å²) in [5.41, 5.74) is 1.24. The fourth-order valence-electron chi connectivity index (χ4n) is 1.41. The molecule has 0 radical (unpaired) electrons. The molecule has 0 saturated heterocycles. The van der Waals surface area contributed by atoms with Gasteiger partial charge in [0.15, 0.2) is 0 Å². The van der Waals surface area contributed by atoms with Crippen molar-refractivity contribution in [2.75, 3.05) is 13.2 Å². The number of benzene rings is 1. The Morgan fingerprint density at radius 2 is 1.95 bits per heavy atom. The molecule has 0 aliphatic carbocycles. The minimum absolute atomic E-state index is 0.0838. The van der Waals surface area contributed by atoms with Gasteiger partial charge in [0.05, 0.1) is 6.54 Å². The molecule has 0 fully saturated rings. The zero-order valence-electron chi connectivity index (χ0n) is 11.7. The third-order valence-electron chi connectivity index (χ3n) is 2.51. The second kappa shape index (κ2) is 7.99. The highest BCUT2D eigenvalue weighted by Gasteiger charge is 2.10. The van der Waals surface area contributed by atoms with Crippen molar-refractivity contribution >= 4 is 12.1 Å². The Balaban J connectivity index is 2.24. The van der Waals surface area contributed by atoms with Crippen LogP contribution in [0.4, 0.5) is 4.79 Å². The van der Waals surface area contributed by atoms with Gasteiger partial charge in [0, 0.05) is 5.57 Å². The van der Waals surface area contributed by atoms with Crippen molar-refractivity contribution in [2.45, 2.75) is 20.0 Å². The van der Waals surface area contributed by atoms with E-state index < -0.39 is 12.1 Å². The molecule has 0 saturated carbocycles. The van der Waals surface area contributed by atoms with Gasteiger partial charge >= 0.3 is 12.1 Å². The fraction of sp³-hybridized carbons (Fsp3) is 0.333. The minimum atomic E-state index is -0.548. The number of amides is 1. The first-order valence-electron chi connectivity index (χ1n) is 6.32. The van der Waals surface area contributed by atoms with E-state index >= 15 is 0 Å². The molecule has 1 rings (SSSR count). The van der Waals surface area contributed by atoms with Crippen molar-refractivity contribution in [3.05, 3.63) is 48.0 Å². The van der Waals surface area contributed by atoms with Crippen molar-refractivity contribution in [2.24, 2.45) is 0 Å². The van der Waals surface area contributed by atoms with Crippen LogP contribution in [0.1, 0.15) is 25.5 Å². The van der Waals surface area contributed by atoms with E-state index in [-0.39, 0.29) is 19.3 Å². The van der Waals surface area contributed by atoms with Crippen LogP contribution < -0.4 is 5.32 Å². The first-order chi connectivity index (χ1) is 9.50. The molecule has 5 nitrogen and oxygen atoms in total. The number of alkyl carbamates (subject to hydrolysis) is 1. The maximum Gasteiger partial charge on any atom is 0.407 e. The average Bonchev–Trinajstić information content (AvgIpc) is 2.44. The summed E-state index contributed by atoms with van der Waals surface area (Å²) >= 11 is 0. The standard InChI is InChI=1S/C15H19NO4/c1-11(2)14(17)19-10-9-16-15(18)20-12(3)13-7-5-4-6-8-13/h4-8,12H,1,9-10H2,2-3H3,(H,16,18). The molecule has 0 bridgehead atoms. The van der Waals surface area contributed by atoms with Gasteiger partial charge < -0.3 is 14.8 Å². The van der Waals surface area contributed by atoms with Crippen LogP contribution in [0.3, 0.4) is 0 Å². The van der Waals surface area contributed by atoms with Crippen molar-refractivity contribution in [1.29, 1.82) is 0 Å². The Morgan fingerprint density at radius 1 is 1.30 bits per heavy atom. The summed E-state index contributed by atoms with van der Waals surface area (Å²) < 4.78 is 10.0. The molecule has 1 atom stereocenters. The number of nitrogens with one attached hydrogen (secondary N) is 1. The number of hydrogen-bond acceptors (Lipinski definition) is 4. The zero-order valence-corrected chi connectivity index (χ0v) is 11.7. The molecule has 1 aromatic carbocycles. The largest absolute Gasteiger partial charge is 0.460 e. The summed E-state index contributed by atoms with van der Waals surface area (Å²) in [7, 11) is 0. The molecule has 1 N–H and O–H groups in total. The van der Waals surface area contributed by atoms with E-state index in [2.05, 4.69) is 11.9 Å². The lowest BCUT2D eigenvalue weighted by atomic mass is 10.1. The van der Waals surface area contributed by atoms with Crippen LogP contribution in [0.5, 0.6) is 0 Å². The molecule has 0 aliphatic rings. The molecule has 1 unspecified atom stereocenters. The predicted octanol–water partition coefficient (Wildman–Crippen LogP) is 2.59. The number of carbonyl (C=O) groups is 2. The quantitative estimate of drug-likeness (QED) is 0.493. The maximum absolute atomic E-state index is 11.5. The summed E-state index contributed by atoms with van der Waals surface area (Å²) in [6.07, 6.45) is -0.887. The number of rotatable bonds is 6. The average molecular weight is 277 g/mol. The van der Waals surface area contributed by atoms with Crippen molar-refractivity contribution < 1.29 is 19.1 Å². The van der Waals surface area contributed by atoms with Crippen LogP contribution in [0.25, 0.3) is 0 Å². The highest BCUT2D eigenvalue weighted by atomic mass is 16.6. The van der Waals surface area contributed by atoms with Gasteiger partial charge in [0.2, 0.25) is 0 Å². The van der Waals surface area contributed by atoms with E-state index in [1.54, 1.807) is 13.8 Å². The van der Waals surface area contributed by atoms with Crippen LogP contribution in [-0.2, 0) is 14.3 Å². The van der Waals surface area contributed by atoms with Crippen LogP contribution in [0, 0.1) is 0 Å². The summed E-state index contributed by atoms with van der Waals surface area (Å²) in [6, 6.07) is 9.42. The maximum atomic E-state index is 11.5. The Morgan fingerprint density at radius 3 is 2.55 bits per heavy atom. The van der Waals surface area contributed by atoms with Gasteiger partial charge in [0.1, 0.15) is 12.7 Å². The monoisotopic (exact) mass is 277 g/mol. The number of carbonyl (C=O) groups excluding carboxylic acids is 2. The molecule has 0 aromatic heterocycles. The highest BCUT2D eigenvalue weighted by molar-refractivity contribution is 5.86. The topological polar surface area (TPSA) is 64.6 Å². The second-order valence-electron chi connectivity index (χ2n) is 4.30. The van der Waals surface area contributed by atoms with E-state index in [1.165, 1.54) is 0 Å². The van der Waals surface area contributed by atoms with Crippen LogP contribution in [0.2, 0.25) is 0 Å². The molecule has 20 heavy (non-hydrogen) atoms. The third-order valence-corrected chi connectivity index (χ3v) is 2.51. The van der Waals surface area contributed by atoms with E-state index in [9.17, 15) is 9.59 Å². The van der Waals surface area contributed by atoms with E-state index in [0.717, 1.165) is 5.56 Å². The lowest BCUT2D eigenvalue weighted by molar-refractivity contribution is -0.138. The number of esters is 1. The van der Waals surface area contributed by atoms with Gasteiger partial charge in [-0.2, -0.15) is 0 Å². The van der Waals surface area contributed by atoms with Crippen LogP contribution in [-0.4, -0.2) is 25.2 Å². The molecular formula is C15H19NO4. The number of hydrogen-bond donors (Lipinski definition) is 1. The fourth-order valence-corrected chi connectivity index (χ4v) is 1.41. The highest BCUT2D eigenvalue weighted by Crippen LogP contribution is 2.15. The zero-order chi connectivity index (χ0) is 15.0. The summed E-state index contributed by atoms with van der Waals surface area (Å²) in [5, 5.41) is 2.51. The van der Waals surface area contributed by atoms with E-state index in [1.807, 2.05) is 30.3 Å². The lowest BCUT2D eigenvalue weighted by Gasteiger charge is -2.14. The van der Waals surface area contributed by atoms with E-state index in [4.69, 9.17) is 9.47 Å². The molecule has 108 valence electrons. The first kappa shape index (κ1) is 15.8. The summed E-state index contributed by atoms with van der Waals surface area (Å²) in [6.45, 7) is 7.08. The van der Waals surface area contributed by atoms with Gasteiger partial charge in [-0.05, 0) is 19.4 Å². The Bertz CT molecular complexity index is 470. The van der Waals surface area contributed by atoms with Crippen LogP contribution in [0.15, 0.2) is 42.5 Å². The van der Waals surface area contributed by atoms with Gasteiger partial charge in [-0.3, -0.25) is 0 Å². The molecule has 0 spiro atoms. The predicted molar refractivity (Wildman–Crippen MR) is 75.1 cm³/mol. The molecule has 1 amide bonds. The second-order valence-corrected chi connectivity index (χ2v) is 4.30. The Labute approximate surface area is 118 Å². The third kappa shape index (κ3) is 5.56. The Hall–Kier alpha value is -2.30. The molecular weight excluding hydrogens is 258 g/mol. The molecule has 1 aromatic rings. The van der Waals surface area contributed by atoms with Crippen molar-refractivity contribution in [3.8, 4) is 0 Å². The van der Waals surface area contributed by atoms with Crippen molar-refractivity contribution in [3.63, 3.8) is 0 Å². The van der Waals surface area contributed by atoms with E-state index in [0.29, 0.717) is 5.57 Å². The normalized spacial score (nSPS) is 11.3. The first-order valence-corrected chi connectivity index (χ1v) is 6.32. The SMILES string of the molecule is C=C(C)C(=O)OCCNC(=O)OC(C)c1ccccc1.